The van der Waals surface area contributed by atoms with Gasteiger partial charge < -0.3 is 28.4 Å². The van der Waals surface area contributed by atoms with Crippen molar-refractivity contribution < 1.29 is 9.47 Å². The molecule has 0 aliphatic carbocycles. The lowest BCUT2D eigenvalue weighted by Crippen LogP contribution is -2.63. The number of nitrogens with zero attached hydrogens (tertiary/aromatic N) is 4. The maximum atomic E-state index is 7.81. The van der Waals surface area contributed by atoms with E-state index in [1.54, 1.807) is 0 Å². The molecule has 23 rings (SSSR count). The van der Waals surface area contributed by atoms with E-state index in [9.17, 15) is 0 Å². The predicted molar refractivity (Wildman–Crippen MR) is 459 cm³/mol. The number of anilines is 6. The van der Waals surface area contributed by atoms with Gasteiger partial charge in [0.15, 0.2) is 0 Å². The van der Waals surface area contributed by atoms with Gasteiger partial charge >= 0.3 is 0 Å². The fraction of sp³-hybridized carbons (Fsp3) is 0. The molecule has 6 nitrogen and oxygen atoms in total. The Morgan fingerprint density at radius 2 is 0.564 bits per heavy atom. The smallest absolute Gasteiger partial charge is 0.256 e. The largest absolute Gasteiger partial charge is 0.458 e. The van der Waals surface area contributed by atoms with E-state index >= 15 is 0 Å². The molecule has 4 aliphatic heterocycles. The number of fused-ring (bicyclic) bond motifs is 14. The zero-order valence-electron chi connectivity index (χ0n) is 59.7. The van der Waals surface area contributed by atoms with E-state index in [1.165, 1.54) is 32.5 Å². The molecule has 0 bridgehead atoms. The standard InChI is InChI=1S/C102H64B2N4O2/c1-8-29-65(30-9-1)69-53-55-82-94(59-69)109-96-61-71(76-45-27-51-88-98(76)80-43-22-24-49-86(80)105(88)73-37-16-5-17-38-73)57-92-100(96)103(82)84-63-85-91(64-90(84)107(92)75-41-20-7-21-42-75)108(102-78(67-33-12-3-13-34-67)47-26-48-79(102)68-35-14-4-15-36-68)93-58-72(62-97-101(93)104(85)83-56-54-70(60-95(83)110-97)66-31-10-2-11-32-66)77-46-28-52-89-99(77)81-44-23-25-50-87(81)106(89)74-39-18-6-19-40-74/h1-64H. The lowest BCUT2D eigenvalue weighted by Gasteiger charge is -2.45. The molecule has 0 amide bonds. The summed E-state index contributed by atoms with van der Waals surface area (Å²) < 4.78 is 20.3. The van der Waals surface area contributed by atoms with E-state index in [1.807, 2.05) is 0 Å². The van der Waals surface area contributed by atoms with Crippen molar-refractivity contribution in [3.05, 3.63) is 388 Å². The van der Waals surface area contributed by atoms with Crippen molar-refractivity contribution in [1.29, 1.82) is 0 Å². The second kappa shape index (κ2) is 24.6. The van der Waals surface area contributed by atoms with Crippen LogP contribution in [0, 0.1) is 0 Å². The first-order valence-corrected chi connectivity index (χ1v) is 37.9. The normalized spacial score (nSPS) is 12.8. The lowest BCUT2D eigenvalue weighted by molar-refractivity contribution is 0.487. The van der Waals surface area contributed by atoms with E-state index in [-0.39, 0.29) is 13.4 Å². The summed E-state index contributed by atoms with van der Waals surface area (Å²) in [7, 11) is 0. The molecule has 110 heavy (non-hydrogen) atoms. The molecule has 0 spiro atoms. The maximum Gasteiger partial charge on any atom is 0.256 e. The topological polar surface area (TPSA) is 34.8 Å². The van der Waals surface area contributed by atoms with Gasteiger partial charge in [-0.05, 0) is 192 Å². The van der Waals surface area contributed by atoms with Gasteiger partial charge in [0.2, 0.25) is 0 Å². The van der Waals surface area contributed by atoms with Crippen molar-refractivity contribution in [2.45, 2.75) is 0 Å². The Balaban J connectivity index is 0.851. The fourth-order valence-corrected chi connectivity index (χ4v) is 18.7. The summed E-state index contributed by atoms with van der Waals surface area (Å²) in [5, 5.41) is 4.71. The molecule has 2 aromatic heterocycles. The number of benzene rings is 17. The van der Waals surface area contributed by atoms with Crippen LogP contribution in [0.5, 0.6) is 23.0 Å². The molecule has 6 heterocycles. The van der Waals surface area contributed by atoms with Crippen LogP contribution in [0.4, 0.5) is 34.1 Å². The molecule has 0 N–H and O–H groups in total. The number of aromatic nitrogens is 2. The quantitative estimate of drug-likeness (QED) is 0.128. The number of hydrogen-bond donors (Lipinski definition) is 0. The Labute approximate surface area is 637 Å². The first-order valence-electron chi connectivity index (χ1n) is 37.9. The van der Waals surface area contributed by atoms with Crippen LogP contribution in [0.3, 0.4) is 0 Å². The van der Waals surface area contributed by atoms with Crippen LogP contribution in [0.15, 0.2) is 388 Å². The molecule has 19 aromatic rings. The highest BCUT2D eigenvalue weighted by molar-refractivity contribution is 7.02. The molecule has 0 fully saturated rings. The highest BCUT2D eigenvalue weighted by Gasteiger charge is 2.48. The van der Waals surface area contributed by atoms with Crippen LogP contribution in [0.25, 0.3) is 122 Å². The second-order valence-corrected chi connectivity index (χ2v) is 29.3. The second-order valence-electron chi connectivity index (χ2n) is 29.3. The van der Waals surface area contributed by atoms with Gasteiger partial charge in [0.1, 0.15) is 23.0 Å². The third-order valence-electron chi connectivity index (χ3n) is 23.4. The lowest BCUT2D eigenvalue weighted by atomic mass is 9.30. The average molecular weight is 1400 g/mol. The van der Waals surface area contributed by atoms with Gasteiger partial charge in [-0.1, -0.05) is 285 Å². The Bertz CT molecular complexity index is 6910. The van der Waals surface area contributed by atoms with Crippen molar-refractivity contribution >= 4 is 124 Å². The Kier molecular flexibility index (Phi) is 13.9. The van der Waals surface area contributed by atoms with Crippen molar-refractivity contribution in [3.8, 4) is 101 Å². The molecule has 510 valence electrons. The Hall–Kier alpha value is -14.3. The van der Waals surface area contributed by atoms with E-state index in [4.69, 9.17) is 9.47 Å². The summed E-state index contributed by atoms with van der Waals surface area (Å²) in [5.74, 6) is 3.30. The van der Waals surface area contributed by atoms with Gasteiger partial charge in [0.25, 0.3) is 13.4 Å². The molecule has 0 saturated carbocycles. The van der Waals surface area contributed by atoms with Crippen LogP contribution in [-0.4, -0.2) is 22.6 Å². The highest BCUT2D eigenvalue weighted by atomic mass is 16.5. The van der Waals surface area contributed by atoms with Crippen LogP contribution >= 0.6 is 0 Å². The summed E-state index contributed by atoms with van der Waals surface area (Å²) in [6.45, 7) is -0.601. The van der Waals surface area contributed by atoms with Gasteiger partial charge in [-0.25, -0.2) is 0 Å². The minimum Gasteiger partial charge on any atom is -0.458 e. The van der Waals surface area contributed by atoms with Crippen LogP contribution in [-0.2, 0) is 0 Å². The van der Waals surface area contributed by atoms with Crippen LogP contribution in [0.1, 0.15) is 0 Å². The van der Waals surface area contributed by atoms with Gasteiger partial charge in [0.05, 0.1) is 27.8 Å². The van der Waals surface area contributed by atoms with E-state index in [0.717, 1.165) is 179 Å². The Morgan fingerprint density at radius 3 is 1.02 bits per heavy atom. The molecule has 0 radical (unpaired) electrons. The van der Waals surface area contributed by atoms with Crippen molar-refractivity contribution in [3.63, 3.8) is 0 Å². The summed E-state index contributed by atoms with van der Waals surface area (Å²) in [6, 6.07) is 143. The fourth-order valence-electron chi connectivity index (χ4n) is 18.7. The Morgan fingerprint density at radius 1 is 0.209 bits per heavy atom. The van der Waals surface area contributed by atoms with Crippen LogP contribution < -0.4 is 52.1 Å². The monoisotopic (exact) mass is 1400 g/mol. The van der Waals surface area contributed by atoms with E-state index in [0.29, 0.717) is 0 Å². The number of rotatable bonds is 10. The minimum atomic E-state index is -0.314. The number of hydrogen-bond acceptors (Lipinski definition) is 4. The summed E-state index contributed by atoms with van der Waals surface area (Å²) in [5.41, 5.74) is 33.0. The van der Waals surface area contributed by atoms with Gasteiger partial charge in [-0.2, -0.15) is 0 Å². The first kappa shape index (κ1) is 61.9. The SMILES string of the molecule is c1ccc(-c2ccc3c(c2)Oc2cc(-c4cccc5c4c4ccccc4n5-c4ccccc4)cc4c2B3c2cc3c(cc2N4c2ccccc2)N(c2c(-c4ccccc4)cccc2-c2ccccc2)c2cc(-c4cccc5c4c4ccccc4n5-c4ccccc4)cc4c2B3c2ccc(-c3ccccc3)cc2O4)cc1. The molecule has 17 aromatic carbocycles. The number of para-hydroxylation sites is 6. The maximum absolute atomic E-state index is 7.81. The summed E-state index contributed by atoms with van der Waals surface area (Å²) in [4.78, 5) is 5.20. The van der Waals surface area contributed by atoms with Gasteiger partial charge in [0, 0.05) is 72.5 Å². The molecule has 0 unspecified atom stereocenters. The van der Waals surface area contributed by atoms with Crippen molar-refractivity contribution in [2.75, 3.05) is 9.80 Å². The molecule has 8 heteroatoms. The highest BCUT2D eigenvalue weighted by Crippen LogP contribution is 2.54. The zero-order valence-corrected chi connectivity index (χ0v) is 59.7. The van der Waals surface area contributed by atoms with Gasteiger partial charge in [-0.3, -0.25) is 0 Å². The molecule has 0 atom stereocenters. The molecule has 4 aliphatic rings. The van der Waals surface area contributed by atoms with Crippen molar-refractivity contribution in [2.24, 2.45) is 0 Å². The van der Waals surface area contributed by atoms with Crippen LogP contribution in [0.2, 0.25) is 0 Å². The molecular weight excluding hydrogens is 1330 g/mol. The van der Waals surface area contributed by atoms with E-state index < -0.39 is 0 Å². The third kappa shape index (κ3) is 9.46. The first-order chi connectivity index (χ1) is 54.6. The minimum absolute atomic E-state index is 0.287. The zero-order chi connectivity index (χ0) is 72.1. The van der Waals surface area contributed by atoms with Gasteiger partial charge in [-0.15, -0.1) is 0 Å². The van der Waals surface area contributed by atoms with E-state index in [2.05, 4.69) is 407 Å². The predicted octanol–water partition coefficient (Wildman–Crippen LogP) is 22.7. The average Bonchev–Trinajstić information content (AvgIpc) is 0.820. The molecule has 0 saturated heterocycles. The summed E-state index contributed by atoms with van der Waals surface area (Å²) in [6.07, 6.45) is 0. The third-order valence-corrected chi connectivity index (χ3v) is 23.4. The summed E-state index contributed by atoms with van der Waals surface area (Å²) >= 11 is 0. The number of ether oxygens (including phenoxy) is 2. The van der Waals surface area contributed by atoms with Crippen molar-refractivity contribution in [1.82, 2.24) is 9.13 Å². The molecular formula is C102H64B2N4O2.